The third kappa shape index (κ3) is 3.86. The van der Waals surface area contributed by atoms with Gasteiger partial charge in [0.25, 0.3) is 5.91 Å². The third-order valence-electron chi connectivity index (χ3n) is 8.47. The molecule has 1 spiro atoms. The van der Waals surface area contributed by atoms with Crippen LogP contribution in [0.4, 0.5) is 5.69 Å². The summed E-state index contributed by atoms with van der Waals surface area (Å²) in [5.74, 6) is -2.30. The number of anilines is 1. The largest absolute Gasteiger partial charge is 0.465 e. The molecule has 4 aliphatic rings. The van der Waals surface area contributed by atoms with Gasteiger partial charge in [0.1, 0.15) is 6.04 Å². The molecule has 5 rings (SSSR count). The maximum absolute atomic E-state index is 14.6. The lowest BCUT2D eigenvalue weighted by atomic mass is 9.74. The summed E-state index contributed by atoms with van der Waals surface area (Å²) in [5.41, 5.74) is 2.81. The van der Waals surface area contributed by atoms with Gasteiger partial charge in [-0.05, 0) is 51.2 Å². The van der Waals surface area contributed by atoms with E-state index in [9.17, 15) is 19.5 Å². The van der Waals surface area contributed by atoms with E-state index in [0.29, 0.717) is 19.6 Å². The third-order valence-corrected chi connectivity index (χ3v) is 10.3. The second-order valence-corrected chi connectivity index (χ2v) is 12.6. The maximum Gasteiger partial charge on any atom is 0.311 e. The number of carbonyl (C=O) groups is 3. The Labute approximate surface area is 222 Å². The lowest BCUT2D eigenvalue weighted by molar-refractivity contribution is -0.154. The zero-order chi connectivity index (χ0) is 26.5. The van der Waals surface area contributed by atoms with Gasteiger partial charge in [-0.1, -0.05) is 49.4 Å². The van der Waals surface area contributed by atoms with E-state index < -0.39 is 33.4 Å². The van der Waals surface area contributed by atoms with Crippen LogP contribution in [0.1, 0.15) is 44.2 Å². The molecule has 1 N–H and O–H groups in total. The van der Waals surface area contributed by atoms with Crippen molar-refractivity contribution >= 4 is 35.2 Å². The standard InChI is InChI=1S/C29H36N2O5S/c1-5-20(17-32)31-24-26(34)30(23-18(2)11-9-12-19(23)3)15-10-14-29(24)21(25(31)33)22-27(35)36-16-8-6-7-13-28(22,4)37-29/h7,9-14,20-22,24,32H,5-6,8,15-17H2,1-4H3/b13-7-/t20-,21-,22-,24?,28+,29-/m0/s1. The van der Waals surface area contributed by atoms with Crippen LogP contribution in [0.25, 0.3) is 0 Å². The molecule has 4 aliphatic heterocycles. The highest BCUT2D eigenvalue weighted by Crippen LogP contribution is 2.65. The highest BCUT2D eigenvalue weighted by molar-refractivity contribution is 8.02. The van der Waals surface area contributed by atoms with Crippen molar-refractivity contribution in [3.05, 3.63) is 53.6 Å². The Kier molecular flexibility index (Phi) is 6.77. The molecule has 6 atom stereocenters. The molecule has 2 fully saturated rings. The first-order valence-electron chi connectivity index (χ1n) is 13.2. The number of nitrogens with zero attached hydrogens (tertiary/aromatic N) is 2. The van der Waals surface area contributed by atoms with Gasteiger partial charge in [0.05, 0.1) is 35.8 Å². The number of allylic oxidation sites excluding steroid dienone is 1. The summed E-state index contributed by atoms with van der Waals surface area (Å²) < 4.78 is 4.01. The number of benzene rings is 1. The molecule has 7 nitrogen and oxygen atoms in total. The summed E-state index contributed by atoms with van der Waals surface area (Å²) in [6.45, 7) is 8.30. The molecule has 2 saturated heterocycles. The minimum Gasteiger partial charge on any atom is -0.465 e. The molecule has 0 bridgehead atoms. The maximum atomic E-state index is 14.6. The van der Waals surface area contributed by atoms with Gasteiger partial charge < -0.3 is 19.6 Å². The first-order chi connectivity index (χ1) is 17.7. The number of likely N-dealkylation sites (tertiary alicyclic amines) is 1. The van der Waals surface area contributed by atoms with Gasteiger partial charge in [0.15, 0.2) is 0 Å². The van der Waals surface area contributed by atoms with E-state index in [-0.39, 0.29) is 24.4 Å². The first kappa shape index (κ1) is 26.0. The van der Waals surface area contributed by atoms with Gasteiger partial charge in [-0.3, -0.25) is 14.4 Å². The molecular formula is C29H36N2O5S. The van der Waals surface area contributed by atoms with Crippen molar-refractivity contribution in [3.8, 4) is 0 Å². The van der Waals surface area contributed by atoms with Crippen LogP contribution >= 0.6 is 11.8 Å². The number of aliphatic hydroxyl groups is 1. The Hall–Kier alpha value is -2.58. The Morgan fingerprint density at radius 1 is 1.11 bits per heavy atom. The molecule has 0 aromatic heterocycles. The van der Waals surface area contributed by atoms with E-state index >= 15 is 0 Å². The van der Waals surface area contributed by atoms with Gasteiger partial charge in [0, 0.05) is 17.0 Å². The zero-order valence-corrected chi connectivity index (χ0v) is 22.8. The average Bonchev–Trinajstić information content (AvgIpc) is 3.21. The number of hydrogen-bond acceptors (Lipinski definition) is 6. The van der Waals surface area contributed by atoms with Gasteiger partial charge in [0.2, 0.25) is 5.91 Å². The van der Waals surface area contributed by atoms with Crippen molar-refractivity contribution < 1.29 is 24.2 Å². The highest BCUT2D eigenvalue weighted by Gasteiger charge is 2.74. The normalized spacial score (nSPS) is 35.1. The molecular weight excluding hydrogens is 488 g/mol. The second kappa shape index (κ2) is 9.62. The van der Waals surface area contributed by atoms with Crippen molar-refractivity contribution in [2.45, 2.75) is 68.5 Å². The van der Waals surface area contributed by atoms with Crippen LogP contribution in [0.5, 0.6) is 0 Å². The molecule has 0 saturated carbocycles. The predicted octanol–water partition coefficient (Wildman–Crippen LogP) is 3.56. The first-order valence-corrected chi connectivity index (χ1v) is 14.0. The Balaban J connectivity index is 1.70. The minimum atomic E-state index is -0.954. The number of thioether (sulfide) groups is 1. The summed E-state index contributed by atoms with van der Waals surface area (Å²) in [6, 6.07) is 4.57. The fourth-order valence-corrected chi connectivity index (χ4v) is 8.95. The molecule has 1 unspecified atom stereocenters. The summed E-state index contributed by atoms with van der Waals surface area (Å²) in [4.78, 5) is 45.8. The topological polar surface area (TPSA) is 87.2 Å². The number of fused-ring (bicyclic) bond motifs is 2. The quantitative estimate of drug-likeness (QED) is 0.479. The molecule has 198 valence electrons. The van der Waals surface area contributed by atoms with Crippen LogP contribution in [-0.2, 0) is 19.1 Å². The molecule has 0 radical (unpaired) electrons. The molecule has 8 heteroatoms. The minimum absolute atomic E-state index is 0.176. The van der Waals surface area contributed by atoms with Gasteiger partial charge in [-0.15, -0.1) is 11.8 Å². The van der Waals surface area contributed by atoms with Gasteiger partial charge >= 0.3 is 5.97 Å². The summed E-state index contributed by atoms with van der Waals surface area (Å²) >= 11 is 1.54. The number of esters is 1. The van der Waals surface area contributed by atoms with Crippen molar-refractivity contribution in [2.75, 3.05) is 24.7 Å². The number of aryl methyl sites for hydroxylation is 2. The number of rotatable bonds is 4. The summed E-state index contributed by atoms with van der Waals surface area (Å²) in [5, 5.41) is 10.3. The molecule has 4 heterocycles. The predicted molar refractivity (Wildman–Crippen MR) is 144 cm³/mol. The van der Waals surface area contributed by atoms with E-state index in [1.54, 1.807) is 9.80 Å². The van der Waals surface area contributed by atoms with Crippen molar-refractivity contribution in [1.82, 2.24) is 4.90 Å². The SMILES string of the molecule is CC[C@@H](CO)N1C(=O)[C@@H]2[C@H]3C(=O)OCCC/C=C\[C@@]3(C)S[C@@]23C=CCN(c2c(C)cccc2C)C(=O)C13. The Morgan fingerprint density at radius 2 is 1.84 bits per heavy atom. The van der Waals surface area contributed by atoms with Crippen LogP contribution < -0.4 is 4.90 Å². The number of aliphatic hydroxyl groups excluding tert-OH is 1. The van der Waals surface area contributed by atoms with Crippen LogP contribution in [-0.4, -0.2) is 69.1 Å². The Morgan fingerprint density at radius 3 is 2.51 bits per heavy atom. The summed E-state index contributed by atoms with van der Waals surface area (Å²) in [6.07, 6.45) is 10.1. The van der Waals surface area contributed by atoms with E-state index in [2.05, 4.69) is 6.08 Å². The number of carbonyl (C=O) groups excluding carboxylic acids is 3. The van der Waals surface area contributed by atoms with E-state index in [1.165, 1.54) is 11.8 Å². The van der Waals surface area contributed by atoms with Crippen LogP contribution in [0.2, 0.25) is 0 Å². The number of hydrogen-bond donors (Lipinski definition) is 1. The van der Waals surface area contributed by atoms with Gasteiger partial charge in [-0.2, -0.15) is 0 Å². The van der Waals surface area contributed by atoms with E-state index in [4.69, 9.17) is 4.74 Å². The van der Waals surface area contributed by atoms with Crippen LogP contribution in [0.3, 0.4) is 0 Å². The average molecular weight is 525 g/mol. The van der Waals surface area contributed by atoms with Gasteiger partial charge in [-0.25, -0.2) is 0 Å². The fraction of sp³-hybridized carbons (Fsp3) is 0.552. The van der Waals surface area contributed by atoms with Crippen molar-refractivity contribution in [2.24, 2.45) is 11.8 Å². The van der Waals surface area contributed by atoms with Crippen LogP contribution in [0, 0.1) is 25.7 Å². The Bertz CT molecular complexity index is 1160. The fourth-order valence-electron chi connectivity index (χ4n) is 6.81. The summed E-state index contributed by atoms with van der Waals surface area (Å²) in [7, 11) is 0. The van der Waals surface area contributed by atoms with Crippen molar-refractivity contribution in [3.63, 3.8) is 0 Å². The second-order valence-electron chi connectivity index (χ2n) is 10.8. The zero-order valence-electron chi connectivity index (χ0n) is 22.0. The lowest BCUT2D eigenvalue weighted by Crippen LogP contribution is -2.57. The molecule has 1 aromatic carbocycles. The number of cyclic esters (lactones) is 1. The van der Waals surface area contributed by atoms with Crippen molar-refractivity contribution in [1.29, 1.82) is 0 Å². The molecule has 1 aromatic rings. The number of para-hydroxylation sites is 1. The lowest BCUT2D eigenvalue weighted by Gasteiger charge is -2.40. The monoisotopic (exact) mass is 524 g/mol. The van der Waals surface area contributed by atoms with E-state index in [0.717, 1.165) is 29.7 Å². The number of amides is 2. The number of ether oxygens (including phenoxy) is 1. The van der Waals surface area contributed by atoms with Crippen LogP contribution in [0.15, 0.2) is 42.5 Å². The highest BCUT2D eigenvalue weighted by atomic mass is 32.2. The molecule has 2 amide bonds. The molecule has 0 aliphatic carbocycles. The smallest absolute Gasteiger partial charge is 0.311 e. The molecule has 37 heavy (non-hydrogen) atoms. The van der Waals surface area contributed by atoms with E-state index in [1.807, 2.05) is 64.1 Å².